The monoisotopic (exact) mass is 217 g/mol. The first-order valence-corrected chi connectivity index (χ1v) is 5.35. The number of hydrogen-bond donors (Lipinski definition) is 2. The molecule has 0 radical (unpaired) electrons. The maximum absolute atomic E-state index is 10.2. The number of nitrogens with two attached hydrogens (primary N) is 1. The Bertz CT molecular complexity index is 217. The van der Waals surface area contributed by atoms with E-state index in [4.69, 9.17) is 4.74 Å². The molecule has 1 aliphatic heterocycles. The van der Waals surface area contributed by atoms with E-state index in [1.807, 2.05) is 5.32 Å². The Labute approximate surface area is 89.4 Å². The molecule has 3 N–H and O–H groups in total. The van der Waals surface area contributed by atoms with Gasteiger partial charge in [-0.25, -0.2) is 0 Å². The lowest BCUT2D eigenvalue weighted by molar-refractivity contribution is -0.707. The van der Waals surface area contributed by atoms with Crippen molar-refractivity contribution in [2.24, 2.45) is 0 Å². The Morgan fingerprint density at radius 2 is 2.47 bits per heavy atom. The van der Waals surface area contributed by atoms with Crippen LogP contribution in [-0.2, 0) is 9.53 Å². The molecule has 0 aromatic carbocycles. The number of rotatable bonds is 5. The molecule has 1 rings (SSSR count). The van der Waals surface area contributed by atoms with E-state index in [0.717, 1.165) is 0 Å². The quantitative estimate of drug-likeness (QED) is 0.504. The van der Waals surface area contributed by atoms with Crippen LogP contribution in [-0.4, -0.2) is 42.5 Å². The van der Waals surface area contributed by atoms with Gasteiger partial charge in [-0.2, -0.15) is 0 Å². The fourth-order valence-corrected chi connectivity index (χ4v) is 1.74. The van der Waals surface area contributed by atoms with Crippen LogP contribution in [0.5, 0.6) is 0 Å². The Kier molecular flexibility index (Phi) is 4.50. The largest absolute Gasteiger partial charge is 0.550 e. The van der Waals surface area contributed by atoms with Crippen molar-refractivity contribution in [3.05, 3.63) is 0 Å². The van der Waals surface area contributed by atoms with Gasteiger partial charge in [0.25, 0.3) is 0 Å². The second-order valence-electron chi connectivity index (χ2n) is 4.29. The van der Waals surface area contributed by atoms with Crippen LogP contribution in [0.15, 0.2) is 0 Å². The number of quaternary nitrogens is 1. The van der Waals surface area contributed by atoms with Crippen LogP contribution in [0.4, 0.5) is 0 Å². The van der Waals surface area contributed by atoms with Crippen LogP contribution >= 0.6 is 0 Å². The van der Waals surface area contributed by atoms with Crippen molar-refractivity contribution < 1.29 is 25.1 Å². The van der Waals surface area contributed by atoms with Gasteiger partial charge in [-0.3, -0.25) is 0 Å². The smallest absolute Gasteiger partial charge is 0.138 e. The predicted octanol–water partition coefficient (Wildman–Crippen LogP) is -2.38. The summed E-state index contributed by atoms with van der Waals surface area (Å²) in [5.41, 5.74) is -0.709. The summed E-state index contributed by atoms with van der Waals surface area (Å²) in [6, 6.07) is 0.00741. The highest BCUT2D eigenvalue weighted by atomic mass is 16.5. The van der Waals surface area contributed by atoms with Crippen molar-refractivity contribution in [2.75, 3.05) is 19.8 Å². The van der Waals surface area contributed by atoms with E-state index in [1.54, 1.807) is 6.92 Å². The van der Waals surface area contributed by atoms with Crippen molar-refractivity contribution in [2.45, 2.75) is 37.8 Å². The zero-order valence-electron chi connectivity index (χ0n) is 9.07. The highest BCUT2D eigenvalue weighted by Crippen LogP contribution is 2.17. The molecular weight excluding hydrogens is 198 g/mol. The average molecular weight is 217 g/mol. The van der Waals surface area contributed by atoms with E-state index in [9.17, 15) is 15.0 Å². The molecule has 5 heteroatoms. The molecule has 0 aliphatic carbocycles. The van der Waals surface area contributed by atoms with Gasteiger partial charge in [0.1, 0.15) is 18.2 Å². The van der Waals surface area contributed by atoms with Crippen LogP contribution in [0.2, 0.25) is 0 Å². The van der Waals surface area contributed by atoms with Crippen LogP contribution in [0, 0.1) is 0 Å². The Hall–Kier alpha value is -0.650. The third kappa shape index (κ3) is 4.15. The SMILES string of the molecule is C[C@@]1(O)CCOC[C@@H]1[NH2+]CCCC(=O)[O-]. The van der Waals surface area contributed by atoms with Crippen LogP contribution < -0.4 is 10.4 Å². The molecule has 1 saturated heterocycles. The molecule has 15 heavy (non-hydrogen) atoms. The molecule has 0 spiro atoms. The molecule has 0 amide bonds. The van der Waals surface area contributed by atoms with Gasteiger partial charge in [0.05, 0.1) is 6.54 Å². The number of aliphatic carboxylic acids is 1. The van der Waals surface area contributed by atoms with Gasteiger partial charge in [0, 0.05) is 25.4 Å². The summed E-state index contributed by atoms with van der Waals surface area (Å²) in [6.07, 6.45) is 1.27. The molecule has 1 fully saturated rings. The summed E-state index contributed by atoms with van der Waals surface area (Å²) in [6.45, 7) is 3.60. The molecule has 0 aromatic heterocycles. The Morgan fingerprint density at radius 3 is 3.07 bits per heavy atom. The molecule has 1 heterocycles. The maximum Gasteiger partial charge on any atom is 0.138 e. The summed E-state index contributed by atoms with van der Waals surface area (Å²) in [5, 5.41) is 22.1. The normalized spacial score (nSPS) is 31.5. The first kappa shape index (κ1) is 12.4. The molecule has 0 unspecified atom stereocenters. The molecular formula is C10H19NO4. The third-order valence-electron chi connectivity index (χ3n) is 2.88. The number of carbonyl (C=O) groups excluding carboxylic acids is 1. The molecule has 0 bridgehead atoms. The highest BCUT2D eigenvalue weighted by Gasteiger charge is 2.37. The minimum atomic E-state index is -1.02. The standard InChI is InChI=1S/C10H19NO4/c1-10(14)4-6-15-7-8(10)11-5-2-3-9(12)13/h8,11,14H,2-7H2,1H3,(H,12,13)/t8-,10+/m0/s1. The molecule has 0 saturated carbocycles. The maximum atomic E-state index is 10.2. The highest BCUT2D eigenvalue weighted by molar-refractivity contribution is 5.64. The lowest BCUT2D eigenvalue weighted by atomic mass is 9.91. The van der Waals surface area contributed by atoms with Gasteiger partial charge in [0.2, 0.25) is 0 Å². The summed E-state index contributed by atoms with van der Waals surface area (Å²) in [4.78, 5) is 10.2. The van der Waals surface area contributed by atoms with E-state index < -0.39 is 11.6 Å². The first-order valence-electron chi connectivity index (χ1n) is 5.35. The van der Waals surface area contributed by atoms with Gasteiger partial charge in [-0.15, -0.1) is 0 Å². The lowest BCUT2D eigenvalue weighted by Gasteiger charge is -2.34. The van der Waals surface area contributed by atoms with Crippen molar-refractivity contribution in [3.8, 4) is 0 Å². The topological polar surface area (TPSA) is 86.2 Å². The Balaban J connectivity index is 2.21. The van der Waals surface area contributed by atoms with Gasteiger partial charge in [0.15, 0.2) is 0 Å². The zero-order chi connectivity index (χ0) is 11.3. The van der Waals surface area contributed by atoms with Crippen LogP contribution in [0.3, 0.4) is 0 Å². The first-order chi connectivity index (χ1) is 7.02. The molecule has 5 nitrogen and oxygen atoms in total. The van der Waals surface area contributed by atoms with Crippen molar-refractivity contribution >= 4 is 5.97 Å². The van der Waals surface area contributed by atoms with E-state index in [0.29, 0.717) is 32.6 Å². The zero-order valence-corrected chi connectivity index (χ0v) is 9.07. The fraction of sp³-hybridized carbons (Fsp3) is 0.900. The third-order valence-corrected chi connectivity index (χ3v) is 2.88. The minimum absolute atomic E-state index is 0.00741. The Morgan fingerprint density at radius 1 is 1.73 bits per heavy atom. The van der Waals surface area contributed by atoms with E-state index in [1.165, 1.54) is 0 Å². The molecule has 88 valence electrons. The summed E-state index contributed by atoms with van der Waals surface area (Å²) >= 11 is 0. The van der Waals surface area contributed by atoms with Gasteiger partial charge >= 0.3 is 0 Å². The lowest BCUT2D eigenvalue weighted by Crippen LogP contribution is -2.96. The van der Waals surface area contributed by atoms with Gasteiger partial charge < -0.3 is 25.1 Å². The second kappa shape index (κ2) is 5.44. The van der Waals surface area contributed by atoms with Gasteiger partial charge in [-0.1, -0.05) is 0 Å². The van der Waals surface area contributed by atoms with E-state index in [-0.39, 0.29) is 12.5 Å². The number of ether oxygens (including phenoxy) is 1. The van der Waals surface area contributed by atoms with Crippen LogP contribution in [0.25, 0.3) is 0 Å². The van der Waals surface area contributed by atoms with E-state index in [2.05, 4.69) is 0 Å². The van der Waals surface area contributed by atoms with Crippen molar-refractivity contribution in [1.29, 1.82) is 0 Å². The molecule has 0 aromatic rings. The fourth-order valence-electron chi connectivity index (χ4n) is 1.74. The summed E-state index contributed by atoms with van der Waals surface area (Å²) < 4.78 is 5.28. The average Bonchev–Trinajstić information content (AvgIpc) is 2.13. The second-order valence-corrected chi connectivity index (χ2v) is 4.29. The molecule has 1 aliphatic rings. The predicted molar refractivity (Wildman–Crippen MR) is 50.9 cm³/mol. The number of hydrogen-bond acceptors (Lipinski definition) is 4. The van der Waals surface area contributed by atoms with Gasteiger partial charge in [-0.05, 0) is 13.3 Å². The summed E-state index contributed by atoms with van der Waals surface area (Å²) in [5.74, 6) is -1.02. The van der Waals surface area contributed by atoms with E-state index >= 15 is 0 Å². The molecule has 2 atom stereocenters. The summed E-state index contributed by atoms with van der Waals surface area (Å²) in [7, 11) is 0. The van der Waals surface area contributed by atoms with Crippen molar-refractivity contribution in [3.63, 3.8) is 0 Å². The number of carboxylic acid groups (broad SMARTS) is 1. The number of carbonyl (C=O) groups is 1. The number of carboxylic acids is 1. The minimum Gasteiger partial charge on any atom is -0.550 e. The van der Waals surface area contributed by atoms with Crippen molar-refractivity contribution in [1.82, 2.24) is 0 Å². The number of aliphatic hydroxyl groups is 1. The van der Waals surface area contributed by atoms with Crippen LogP contribution in [0.1, 0.15) is 26.2 Å².